The van der Waals surface area contributed by atoms with Crippen LogP contribution in [-0.2, 0) is 4.74 Å². The van der Waals surface area contributed by atoms with Crippen LogP contribution in [-0.4, -0.2) is 37.0 Å². The number of aliphatic hydroxyl groups is 1. The fourth-order valence-corrected chi connectivity index (χ4v) is 3.01. The zero-order valence-corrected chi connectivity index (χ0v) is 12.5. The topological polar surface area (TPSA) is 41.5 Å². The van der Waals surface area contributed by atoms with E-state index in [1.165, 1.54) is 0 Å². The van der Waals surface area contributed by atoms with E-state index in [0.717, 1.165) is 38.8 Å². The maximum absolute atomic E-state index is 9.02. The predicted molar refractivity (Wildman–Crippen MR) is 75.7 cm³/mol. The Kier molecular flexibility index (Phi) is 6.61. The summed E-state index contributed by atoms with van der Waals surface area (Å²) in [5, 5.41) is 12.7. The number of nitrogens with one attached hydrogen (secondary N) is 1. The maximum atomic E-state index is 9.02. The van der Waals surface area contributed by atoms with E-state index in [0.29, 0.717) is 24.7 Å². The van der Waals surface area contributed by atoms with Gasteiger partial charge in [-0.15, -0.1) is 0 Å². The molecule has 0 aromatic heterocycles. The zero-order valence-electron chi connectivity index (χ0n) is 12.5. The highest BCUT2D eigenvalue weighted by atomic mass is 16.5. The van der Waals surface area contributed by atoms with Gasteiger partial charge in [-0.1, -0.05) is 27.2 Å². The van der Waals surface area contributed by atoms with Crippen molar-refractivity contribution in [3.63, 3.8) is 0 Å². The molecular formula is C15H31NO2. The SMILES string of the molecule is CCOC1CC(NCC(CC)CCO)C1(C)CC. The maximum Gasteiger partial charge on any atom is 0.0658 e. The fourth-order valence-electron chi connectivity index (χ4n) is 3.01. The van der Waals surface area contributed by atoms with Crippen LogP contribution >= 0.6 is 0 Å². The molecule has 0 heterocycles. The van der Waals surface area contributed by atoms with Gasteiger partial charge in [-0.25, -0.2) is 0 Å². The van der Waals surface area contributed by atoms with Gasteiger partial charge in [0.05, 0.1) is 6.10 Å². The van der Waals surface area contributed by atoms with E-state index >= 15 is 0 Å². The molecule has 108 valence electrons. The first-order valence-electron chi connectivity index (χ1n) is 7.58. The van der Waals surface area contributed by atoms with Crippen molar-refractivity contribution >= 4 is 0 Å². The zero-order chi connectivity index (χ0) is 13.6. The lowest BCUT2D eigenvalue weighted by Gasteiger charge is -2.54. The molecule has 0 radical (unpaired) electrons. The van der Waals surface area contributed by atoms with Crippen molar-refractivity contribution in [1.29, 1.82) is 0 Å². The summed E-state index contributed by atoms with van der Waals surface area (Å²) in [6.07, 6.45) is 4.76. The minimum atomic E-state index is 0.285. The second-order valence-corrected chi connectivity index (χ2v) is 5.79. The van der Waals surface area contributed by atoms with E-state index in [9.17, 15) is 0 Å². The van der Waals surface area contributed by atoms with Gasteiger partial charge >= 0.3 is 0 Å². The first-order valence-corrected chi connectivity index (χ1v) is 7.58. The molecule has 1 aliphatic rings. The third-order valence-corrected chi connectivity index (χ3v) is 4.88. The molecule has 1 fully saturated rings. The molecule has 3 nitrogen and oxygen atoms in total. The summed E-state index contributed by atoms with van der Waals surface area (Å²) < 4.78 is 5.82. The molecule has 4 unspecified atom stereocenters. The number of ether oxygens (including phenoxy) is 1. The van der Waals surface area contributed by atoms with E-state index in [4.69, 9.17) is 9.84 Å². The minimum Gasteiger partial charge on any atom is -0.396 e. The van der Waals surface area contributed by atoms with Crippen molar-refractivity contribution in [2.75, 3.05) is 19.8 Å². The van der Waals surface area contributed by atoms with Crippen LogP contribution in [0.2, 0.25) is 0 Å². The van der Waals surface area contributed by atoms with Crippen molar-refractivity contribution in [3.05, 3.63) is 0 Å². The van der Waals surface area contributed by atoms with Crippen molar-refractivity contribution in [3.8, 4) is 0 Å². The van der Waals surface area contributed by atoms with Gasteiger partial charge in [-0.05, 0) is 38.6 Å². The molecule has 0 saturated heterocycles. The molecule has 1 aliphatic carbocycles. The van der Waals surface area contributed by atoms with Crippen LogP contribution in [0.3, 0.4) is 0 Å². The van der Waals surface area contributed by atoms with E-state index in [1.807, 2.05) is 0 Å². The number of hydrogen-bond acceptors (Lipinski definition) is 3. The molecule has 4 atom stereocenters. The first kappa shape index (κ1) is 15.9. The average molecular weight is 257 g/mol. The summed E-state index contributed by atoms with van der Waals surface area (Å²) in [6.45, 7) is 11.0. The normalized spacial score (nSPS) is 33.2. The number of rotatable bonds is 9. The second-order valence-electron chi connectivity index (χ2n) is 5.79. The van der Waals surface area contributed by atoms with Crippen LogP contribution in [0.25, 0.3) is 0 Å². The molecular weight excluding hydrogens is 226 g/mol. The highest BCUT2D eigenvalue weighted by Gasteiger charge is 2.50. The summed E-state index contributed by atoms with van der Waals surface area (Å²) in [5.74, 6) is 0.599. The molecule has 0 aromatic carbocycles. The molecule has 2 N–H and O–H groups in total. The van der Waals surface area contributed by atoms with Crippen LogP contribution in [0.15, 0.2) is 0 Å². The minimum absolute atomic E-state index is 0.285. The Labute approximate surface area is 112 Å². The predicted octanol–water partition coefficient (Wildman–Crippen LogP) is 2.58. The second kappa shape index (κ2) is 7.46. The highest BCUT2D eigenvalue weighted by molar-refractivity contribution is 5.04. The quantitative estimate of drug-likeness (QED) is 0.667. The molecule has 1 rings (SSSR count). The van der Waals surface area contributed by atoms with Crippen molar-refractivity contribution < 1.29 is 9.84 Å². The third kappa shape index (κ3) is 3.46. The lowest BCUT2D eigenvalue weighted by atomic mass is 9.61. The van der Waals surface area contributed by atoms with Crippen LogP contribution in [0.1, 0.15) is 53.4 Å². The molecule has 0 aliphatic heterocycles. The van der Waals surface area contributed by atoms with Gasteiger partial charge in [0.2, 0.25) is 0 Å². The molecule has 0 spiro atoms. The van der Waals surface area contributed by atoms with Crippen molar-refractivity contribution in [1.82, 2.24) is 5.32 Å². The van der Waals surface area contributed by atoms with E-state index in [2.05, 4.69) is 33.0 Å². The standard InChI is InChI=1S/C15H31NO2/c1-5-12(8-9-17)11-16-13-10-14(18-7-3)15(13,4)6-2/h12-14,16-17H,5-11H2,1-4H3. The summed E-state index contributed by atoms with van der Waals surface area (Å²) >= 11 is 0. The van der Waals surface area contributed by atoms with Gasteiger partial charge in [0, 0.05) is 24.7 Å². The third-order valence-electron chi connectivity index (χ3n) is 4.88. The van der Waals surface area contributed by atoms with E-state index in [1.54, 1.807) is 0 Å². The highest BCUT2D eigenvalue weighted by Crippen LogP contribution is 2.45. The van der Waals surface area contributed by atoms with Gasteiger partial charge in [-0.2, -0.15) is 0 Å². The Hall–Kier alpha value is -0.120. The molecule has 0 aromatic rings. The summed E-state index contributed by atoms with van der Waals surface area (Å²) in [4.78, 5) is 0. The van der Waals surface area contributed by atoms with Gasteiger partial charge in [0.15, 0.2) is 0 Å². The molecule has 3 heteroatoms. The van der Waals surface area contributed by atoms with Gasteiger partial charge < -0.3 is 15.2 Å². The Morgan fingerprint density at radius 1 is 1.39 bits per heavy atom. The lowest BCUT2D eigenvalue weighted by Crippen LogP contribution is -2.62. The summed E-state index contributed by atoms with van der Waals surface area (Å²) in [6, 6.07) is 0.576. The van der Waals surface area contributed by atoms with Gasteiger partial charge in [-0.3, -0.25) is 0 Å². The van der Waals surface area contributed by atoms with E-state index in [-0.39, 0.29) is 5.41 Å². The molecule has 1 saturated carbocycles. The Morgan fingerprint density at radius 2 is 2.11 bits per heavy atom. The van der Waals surface area contributed by atoms with Crippen molar-refractivity contribution in [2.24, 2.45) is 11.3 Å². The molecule has 0 bridgehead atoms. The lowest BCUT2D eigenvalue weighted by molar-refractivity contribution is -0.126. The van der Waals surface area contributed by atoms with E-state index < -0.39 is 0 Å². The number of aliphatic hydroxyl groups excluding tert-OH is 1. The Balaban J connectivity index is 2.39. The Bertz CT molecular complexity index is 235. The fraction of sp³-hybridized carbons (Fsp3) is 1.00. The van der Waals surface area contributed by atoms with Crippen LogP contribution in [0.5, 0.6) is 0 Å². The van der Waals surface area contributed by atoms with Gasteiger partial charge in [0.25, 0.3) is 0 Å². The summed E-state index contributed by atoms with van der Waals surface area (Å²) in [7, 11) is 0. The van der Waals surface area contributed by atoms with Gasteiger partial charge in [0.1, 0.15) is 0 Å². The monoisotopic (exact) mass is 257 g/mol. The van der Waals surface area contributed by atoms with Crippen LogP contribution in [0.4, 0.5) is 0 Å². The first-order chi connectivity index (χ1) is 8.62. The molecule has 0 amide bonds. The van der Waals surface area contributed by atoms with Crippen LogP contribution in [0, 0.1) is 11.3 Å². The van der Waals surface area contributed by atoms with Crippen LogP contribution < -0.4 is 5.32 Å². The Morgan fingerprint density at radius 3 is 2.61 bits per heavy atom. The number of hydrogen-bond donors (Lipinski definition) is 2. The average Bonchev–Trinajstić information content (AvgIpc) is 2.39. The smallest absolute Gasteiger partial charge is 0.0658 e. The van der Waals surface area contributed by atoms with Crippen molar-refractivity contribution in [2.45, 2.75) is 65.5 Å². The largest absolute Gasteiger partial charge is 0.396 e. The molecule has 18 heavy (non-hydrogen) atoms. The summed E-state index contributed by atoms with van der Waals surface area (Å²) in [5.41, 5.74) is 0.285.